The first-order valence-electron chi connectivity index (χ1n) is 5.18. The molecule has 0 bridgehead atoms. The van der Waals surface area contributed by atoms with Crippen molar-refractivity contribution < 1.29 is 0 Å². The zero-order valence-corrected chi connectivity index (χ0v) is 9.78. The molecule has 0 spiro atoms. The highest BCUT2D eigenvalue weighted by Gasteiger charge is 2.04. The summed E-state index contributed by atoms with van der Waals surface area (Å²) in [6, 6.07) is 12.4. The van der Waals surface area contributed by atoms with Crippen LogP contribution in [0.2, 0.25) is 5.02 Å². The minimum absolute atomic E-state index is 0.237. The number of aromatic nitrogens is 1. The predicted molar refractivity (Wildman–Crippen MR) is 67.7 cm³/mol. The molecule has 1 aromatic carbocycles. The average molecular weight is 233 g/mol. The van der Waals surface area contributed by atoms with Gasteiger partial charge in [0.2, 0.25) is 0 Å². The summed E-state index contributed by atoms with van der Waals surface area (Å²) >= 11 is 5.87. The molecule has 3 heteroatoms. The average Bonchev–Trinajstić information content (AvgIpc) is 2.30. The first-order valence-corrected chi connectivity index (χ1v) is 5.55. The van der Waals surface area contributed by atoms with Crippen molar-refractivity contribution in [1.82, 2.24) is 4.98 Å². The number of rotatable bonds is 3. The van der Waals surface area contributed by atoms with E-state index in [4.69, 9.17) is 11.6 Å². The lowest BCUT2D eigenvalue weighted by molar-refractivity contribution is 0.883. The van der Waals surface area contributed by atoms with Crippen molar-refractivity contribution in [3.8, 4) is 0 Å². The van der Waals surface area contributed by atoms with E-state index in [-0.39, 0.29) is 6.04 Å². The fourth-order valence-electron chi connectivity index (χ4n) is 1.57. The van der Waals surface area contributed by atoms with Gasteiger partial charge in [-0.05, 0) is 18.6 Å². The number of pyridine rings is 1. The highest BCUT2D eigenvalue weighted by molar-refractivity contribution is 6.30. The van der Waals surface area contributed by atoms with Gasteiger partial charge in [0, 0.05) is 12.2 Å². The third-order valence-electron chi connectivity index (χ3n) is 2.39. The predicted octanol–water partition coefficient (Wildman–Crippen LogP) is 3.91. The van der Waals surface area contributed by atoms with Crippen LogP contribution in [0.15, 0.2) is 48.8 Å². The summed E-state index contributed by atoms with van der Waals surface area (Å²) in [5.74, 6) is 0. The fourth-order valence-corrected chi connectivity index (χ4v) is 1.74. The van der Waals surface area contributed by atoms with Gasteiger partial charge in [-0.25, -0.2) is 0 Å². The Balaban J connectivity index is 2.11. The Bertz CT molecular complexity index is 456. The summed E-state index contributed by atoms with van der Waals surface area (Å²) < 4.78 is 0. The highest BCUT2D eigenvalue weighted by Crippen LogP contribution is 2.20. The Kier molecular flexibility index (Phi) is 3.42. The third-order valence-corrected chi connectivity index (χ3v) is 2.59. The molecule has 0 aliphatic carbocycles. The lowest BCUT2D eigenvalue weighted by Crippen LogP contribution is -2.06. The minimum atomic E-state index is 0.237. The smallest absolute Gasteiger partial charge is 0.0609 e. The Hall–Kier alpha value is -1.54. The molecule has 82 valence electrons. The van der Waals surface area contributed by atoms with Crippen molar-refractivity contribution in [3.63, 3.8) is 0 Å². The molecular formula is C13H13ClN2. The molecule has 0 amide bonds. The number of nitrogens with zero attached hydrogens (tertiary/aromatic N) is 1. The molecule has 0 aliphatic heterocycles. The standard InChI is InChI=1S/C13H13ClN2/c1-10(11-5-3-2-4-6-11)16-13-7-12(14)8-15-9-13/h2-10,16H,1H3/t10-/m1/s1. The Morgan fingerprint density at radius 3 is 2.62 bits per heavy atom. The molecule has 2 nitrogen and oxygen atoms in total. The van der Waals surface area contributed by atoms with Crippen molar-refractivity contribution in [3.05, 3.63) is 59.4 Å². The first kappa shape index (κ1) is 11.0. The molecule has 2 rings (SSSR count). The summed E-state index contributed by atoms with van der Waals surface area (Å²) in [5, 5.41) is 4.00. The van der Waals surface area contributed by atoms with Crippen molar-refractivity contribution in [1.29, 1.82) is 0 Å². The maximum atomic E-state index is 5.87. The van der Waals surface area contributed by atoms with Crippen LogP contribution >= 0.6 is 11.6 Å². The molecule has 0 radical (unpaired) electrons. The molecule has 0 saturated carbocycles. The van der Waals surface area contributed by atoms with Gasteiger partial charge in [-0.3, -0.25) is 4.98 Å². The van der Waals surface area contributed by atoms with Gasteiger partial charge in [0.25, 0.3) is 0 Å². The molecule has 1 aromatic heterocycles. The summed E-state index contributed by atoms with van der Waals surface area (Å²) in [7, 11) is 0. The SMILES string of the molecule is C[C@@H](Nc1cncc(Cl)c1)c1ccccc1. The summed E-state index contributed by atoms with van der Waals surface area (Å²) in [4.78, 5) is 4.04. The number of hydrogen-bond acceptors (Lipinski definition) is 2. The molecule has 1 atom stereocenters. The topological polar surface area (TPSA) is 24.9 Å². The zero-order chi connectivity index (χ0) is 11.4. The van der Waals surface area contributed by atoms with Gasteiger partial charge in [0.15, 0.2) is 0 Å². The van der Waals surface area contributed by atoms with Gasteiger partial charge in [-0.1, -0.05) is 41.9 Å². The van der Waals surface area contributed by atoms with E-state index in [2.05, 4.69) is 29.4 Å². The summed E-state index contributed by atoms with van der Waals surface area (Å²) in [6.07, 6.45) is 3.39. The fraction of sp³-hybridized carbons (Fsp3) is 0.154. The van der Waals surface area contributed by atoms with Crippen LogP contribution in [0, 0.1) is 0 Å². The van der Waals surface area contributed by atoms with Crippen LogP contribution in [0.3, 0.4) is 0 Å². The van der Waals surface area contributed by atoms with Gasteiger partial charge in [-0.2, -0.15) is 0 Å². The molecule has 16 heavy (non-hydrogen) atoms. The van der Waals surface area contributed by atoms with Crippen LogP contribution in [-0.4, -0.2) is 4.98 Å². The van der Waals surface area contributed by atoms with Crippen LogP contribution in [0.1, 0.15) is 18.5 Å². The van der Waals surface area contributed by atoms with Crippen LogP contribution in [-0.2, 0) is 0 Å². The number of hydrogen-bond donors (Lipinski definition) is 1. The lowest BCUT2D eigenvalue weighted by atomic mass is 10.1. The third kappa shape index (κ3) is 2.74. The number of nitrogens with one attached hydrogen (secondary N) is 1. The molecular weight excluding hydrogens is 220 g/mol. The van der Waals surface area contributed by atoms with Gasteiger partial charge < -0.3 is 5.32 Å². The van der Waals surface area contributed by atoms with Gasteiger partial charge in [-0.15, -0.1) is 0 Å². The maximum Gasteiger partial charge on any atom is 0.0609 e. The number of halogens is 1. The monoisotopic (exact) mass is 232 g/mol. The Morgan fingerprint density at radius 1 is 1.19 bits per heavy atom. The number of anilines is 1. The highest BCUT2D eigenvalue weighted by atomic mass is 35.5. The van der Waals surface area contributed by atoms with Crippen LogP contribution in [0.4, 0.5) is 5.69 Å². The normalized spacial score (nSPS) is 12.1. The van der Waals surface area contributed by atoms with E-state index in [9.17, 15) is 0 Å². The Morgan fingerprint density at radius 2 is 1.94 bits per heavy atom. The number of benzene rings is 1. The largest absolute Gasteiger partial charge is 0.377 e. The van der Waals surface area contributed by atoms with E-state index >= 15 is 0 Å². The lowest BCUT2D eigenvalue weighted by Gasteiger charge is -2.15. The molecule has 2 aromatic rings. The Labute approximate surface area is 100 Å². The van der Waals surface area contributed by atoms with E-state index in [1.807, 2.05) is 24.3 Å². The van der Waals surface area contributed by atoms with Crippen LogP contribution < -0.4 is 5.32 Å². The second-order valence-corrected chi connectivity index (χ2v) is 4.10. The minimum Gasteiger partial charge on any atom is -0.377 e. The second kappa shape index (κ2) is 4.99. The first-order chi connectivity index (χ1) is 7.75. The van der Waals surface area contributed by atoms with Crippen molar-refractivity contribution in [2.45, 2.75) is 13.0 Å². The van der Waals surface area contributed by atoms with E-state index in [1.165, 1.54) is 5.56 Å². The van der Waals surface area contributed by atoms with E-state index < -0.39 is 0 Å². The van der Waals surface area contributed by atoms with Crippen LogP contribution in [0.5, 0.6) is 0 Å². The molecule has 0 saturated heterocycles. The van der Waals surface area contributed by atoms with Crippen molar-refractivity contribution in [2.24, 2.45) is 0 Å². The quantitative estimate of drug-likeness (QED) is 0.868. The van der Waals surface area contributed by atoms with E-state index in [1.54, 1.807) is 12.4 Å². The van der Waals surface area contributed by atoms with E-state index in [0.717, 1.165) is 5.69 Å². The molecule has 0 unspecified atom stereocenters. The van der Waals surface area contributed by atoms with Gasteiger partial charge in [0.1, 0.15) is 0 Å². The summed E-state index contributed by atoms with van der Waals surface area (Å²) in [6.45, 7) is 2.11. The van der Waals surface area contributed by atoms with Gasteiger partial charge >= 0.3 is 0 Å². The van der Waals surface area contributed by atoms with Crippen LogP contribution in [0.25, 0.3) is 0 Å². The maximum absolute atomic E-state index is 5.87. The zero-order valence-electron chi connectivity index (χ0n) is 9.02. The van der Waals surface area contributed by atoms with E-state index in [0.29, 0.717) is 5.02 Å². The molecule has 1 N–H and O–H groups in total. The molecule has 0 fully saturated rings. The van der Waals surface area contributed by atoms with Crippen molar-refractivity contribution in [2.75, 3.05) is 5.32 Å². The summed E-state index contributed by atoms with van der Waals surface area (Å²) in [5.41, 5.74) is 2.17. The van der Waals surface area contributed by atoms with Gasteiger partial charge in [0.05, 0.1) is 16.9 Å². The second-order valence-electron chi connectivity index (χ2n) is 3.67. The molecule has 0 aliphatic rings. The molecule has 1 heterocycles. The van der Waals surface area contributed by atoms with Crippen molar-refractivity contribution >= 4 is 17.3 Å².